The van der Waals surface area contributed by atoms with Gasteiger partial charge >= 0.3 is 0 Å². The normalized spacial score (nSPS) is 11.8. The van der Waals surface area contributed by atoms with E-state index >= 15 is 0 Å². The third-order valence-electron chi connectivity index (χ3n) is 10.0. The molecule has 0 aliphatic heterocycles. The van der Waals surface area contributed by atoms with Crippen molar-refractivity contribution in [2.45, 2.75) is 201 Å². The van der Waals surface area contributed by atoms with Crippen molar-refractivity contribution in [2.24, 2.45) is 0 Å². The van der Waals surface area contributed by atoms with Crippen LogP contribution in [0.25, 0.3) is 0 Å². The molecule has 0 saturated carbocycles. The Hall–Kier alpha value is -2.82. The van der Waals surface area contributed by atoms with Crippen molar-refractivity contribution in [3.8, 4) is 17.2 Å². The van der Waals surface area contributed by atoms with E-state index in [9.17, 15) is 9.59 Å². The molecule has 1 atom stereocenters. The molecule has 0 aromatic heterocycles. The Balaban J connectivity index is 1.89. The van der Waals surface area contributed by atoms with Crippen LogP contribution in [0.3, 0.4) is 0 Å². The summed E-state index contributed by atoms with van der Waals surface area (Å²) in [5, 5.41) is 0. The molecule has 0 radical (unpaired) electrons. The van der Waals surface area contributed by atoms with Crippen molar-refractivity contribution in [1.82, 2.24) is 0 Å². The molecule has 0 amide bonds. The highest BCUT2D eigenvalue weighted by Gasteiger charge is 2.17. The third kappa shape index (κ3) is 22.3. The molecule has 0 spiro atoms. The zero-order valence-corrected chi connectivity index (χ0v) is 34.0. The topological polar surface area (TPSA) is 61.8 Å². The van der Waals surface area contributed by atoms with E-state index in [1.54, 1.807) is 24.3 Å². The van der Waals surface area contributed by atoms with E-state index < -0.39 is 0 Å². The van der Waals surface area contributed by atoms with Gasteiger partial charge in [-0.2, -0.15) is 0 Å². The Bertz CT molecular complexity index is 1130. The molecule has 0 aliphatic carbocycles. The van der Waals surface area contributed by atoms with Gasteiger partial charge in [0.25, 0.3) is 0 Å². The largest absolute Gasteiger partial charge is 0.493 e. The lowest BCUT2D eigenvalue weighted by atomic mass is 10.0. The summed E-state index contributed by atoms with van der Waals surface area (Å²) in [7, 11) is 0. The van der Waals surface area contributed by atoms with E-state index in [4.69, 9.17) is 14.2 Å². The summed E-state index contributed by atoms with van der Waals surface area (Å²) in [6, 6.07) is 12.7. The van der Waals surface area contributed by atoms with Crippen molar-refractivity contribution in [2.75, 3.05) is 13.2 Å². The molecule has 1 unspecified atom stereocenters. The maximum atomic E-state index is 13.5. The average molecular weight is 721 g/mol. The molecular weight excluding hydrogens is 645 g/mol. The molecule has 2 aromatic carbocycles. The SMILES string of the molecule is CCCCCCCCCCCCOc1cc(OCCCCCCCCCCCC)cc(C(=O)CC(=O)c2ccc(OC(C)CCCCCC)cc2)c1. The molecule has 0 heterocycles. The van der Waals surface area contributed by atoms with Gasteiger partial charge in [-0.3, -0.25) is 9.59 Å². The van der Waals surface area contributed by atoms with Crippen LogP contribution in [0, 0.1) is 0 Å². The first-order valence-electron chi connectivity index (χ1n) is 21.7. The Morgan fingerprint density at radius 1 is 0.462 bits per heavy atom. The van der Waals surface area contributed by atoms with E-state index in [-0.39, 0.29) is 24.1 Å². The zero-order chi connectivity index (χ0) is 37.5. The third-order valence-corrected chi connectivity index (χ3v) is 10.0. The second-order valence-electron chi connectivity index (χ2n) is 15.1. The van der Waals surface area contributed by atoms with E-state index in [0.717, 1.165) is 44.3 Å². The van der Waals surface area contributed by atoms with Crippen molar-refractivity contribution in [3.63, 3.8) is 0 Å². The number of ether oxygens (including phenoxy) is 3. The number of hydrogen-bond acceptors (Lipinski definition) is 5. The average Bonchev–Trinajstić information content (AvgIpc) is 3.14. The molecular formula is C47H76O5. The molecule has 294 valence electrons. The van der Waals surface area contributed by atoms with Crippen molar-refractivity contribution in [1.29, 1.82) is 0 Å². The summed E-state index contributed by atoms with van der Waals surface area (Å²) in [5.74, 6) is 1.60. The summed E-state index contributed by atoms with van der Waals surface area (Å²) in [6.07, 6.45) is 31.2. The number of ketones is 2. The number of carbonyl (C=O) groups is 2. The van der Waals surface area contributed by atoms with E-state index in [1.807, 2.05) is 18.2 Å². The lowest BCUT2D eigenvalue weighted by Crippen LogP contribution is -2.12. The fraction of sp³-hybridized carbons (Fsp3) is 0.702. The van der Waals surface area contributed by atoms with Gasteiger partial charge in [-0.15, -0.1) is 0 Å². The molecule has 0 saturated heterocycles. The summed E-state index contributed by atoms with van der Waals surface area (Å²) >= 11 is 0. The van der Waals surface area contributed by atoms with E-state index in [2.05, 4.69) is 27.7 Å². The quantitative estimate of drug-likeness (QED) is 0.0403. The molecule has 5 heteroatoms. The van der Waals surface area contributed by atoms with E-state index in [1.165, 1.54) is 122 Å². The van der Waals surface area contributed by atoms with Crippen LogP contribution in [-0.2, 0) is 0 Å². The van der Waals surface area contributed by atoms with Gasteiger partial charge in [-0.1, -0.05) is 156 Å². The Morgan fingerprint density at radius 3 is 1.29 bits per heavy atom. The second-order valence-corrected chi connectivity index (χ2v) is 15.1. The number of unbranched alkanes of at least 4 members (excludes halogenated alkanes) is 21. The van der Waals surface area contributed by atoms with Gasteiger partial charge in [0.1, 0.15) is 17.2 Å². The Labute approximate surface area is 319 Å². The number of Topliss-reactive ketones (excluding diaryl/α,β-unsaturated/α-hetero) is 2. The number of rotatable bonds is 35. The standard InChI is InChI=1S/C47H76O5/c1-5-8-11-14-16-18-20-22-24-27-34-50-44-36-42(37-45(38-44)51-35-28-25-23-21-19-17-15-12-9-6-2)47(49)39-46(48)41-30-32-43(33-31-41)52-40(4)29-26-13-10-7-3/h30-33,36-38,40H,5-29,34-35,39H2,1-4H3. The lowest BCUT2D eigenvalue weighted by molar-refractivity contribution is 0.0893. The first kappa shape index (κ1) is 45.3. The van der Waals surface area contributed by atoms with Gasteiger partial charge in [0.05, 0.1) is 25.7 Å². The van der Waals surface area contributed by atoms with Crippen LogP contribution in [0.4, 0.5) is 0 Å². The van der Waals surface area contributed by atoms with Gasteiger partial charge in [-0.25, -0.2) is 0 Å². The van der Waals surface area contributed by atoms with Gasteiger partial charge in [0.15, 0.2) is 11.6 Å². The summed E-state index contributed by atoms with van der Waals surface area (Å²) < 4.78 is 18.4. The van der Waals surface area contributed by atoms with Gasteiger partial charge in [0.2, 0.25) is 0 Å². The second kappa shape index (κ2) is 30.6. The fourth-order valence-electron chi connectivity index (χ4n) is 6.68. The molecule has 0 bridgehead atoms. The van der Waals surface area contributed by atoms with Crippen molar-refractivity contribution >= 4 is 11.6 Å². The summed E-state index contributed by atoms with van der Waals surface area (Å²) in [5.41, 5.74) is 0.978. The smallest absolute Gasteiger partial charge is 0.170 e. The molecule has 52 heavy (non-hydrogen) atoms. The molecule has 5 nitrogen and oxygen atoms in total. The van der Waals surface area contributed by atoms with Crippen LogP contribution in [-0.4, -0.2) is 30.9 Å². The van der Waals surface area contributed by atoms with Gasteiger partial charge < -0.3 is 14.2 Å². The molecule has 0 fully saturated rings. The molecule has 2 rings (SSSR count). The van der Waals surface area contributed by atoms with Crippen LogP contribution in [0.1, 0.15) is 215 Å². The maximum Gasteiger partial charge on any atom is 0.170 e. The monoisotopic (exact) mass is 721 g/mol. The van der Waals surface area contributed by atoms with Crippen molar-refractivity contribution in [3.05, 3.63) is 53.6 Å². The first-order valence-corrected chi connectivity index (χ1v) is 21.7. The maximum absolute atomic E-state index is 13.5. The fourth-order valence-corrected chi connectivity index (χ4v) is 6.68. The molecule has 0 aliphatic rings. The molecule has 0 N–H and O–H groups in total. The van der Waals surface area contributed by atoms with Crippen LogP contribution in [0.2, 0.25) is 0 Å². The van der Waals surface area contributed by atoms with Crippen LogP contribution < -0.4 is 14.2 Å². The predicted molar refractivity (Wildman–Crippen MR) is 220 cm³/mol. The predicted octanol–water partition coefficient (Wildman–Crippen LogP) is 14.5. The number of hydrogen-bond donors (Lipinski definition) is 0. The minimum Gasteiger partial charge on any atom is -0.493 e. The van der Waals surface area contributed by atoms with Crippen LogP contribution in [0.15, 0.2) is 42.5 Å². The van der Waals surface area contributed by atoms with Crippen LogP contribution in [0.5, 0.6) is 17.2 Å². The summed E-state index contributed by atoms with van der Waals surface area (Å²) in [4.78, 5) is 26.6. The first-order chi connectivity index (χ1) is 25.5. The minimum absolute atomic E-state index is 0.126. The Kier molecular flexibility index (Phi) is 26.7. The number of benzene rings is 2. The minimum atomic E-state index is -0.223. The van der Waals surface area contributed by atoms with Gasteiger partial charge in [0, 0.05) is 17.2 Å². The highest BCUT2D eigenvalue weighted by Crippen LogP contribution is 2.26. The zero-order valence-electron chi connectivity index (χ0n) is 34.0. The highest BCUT2D eigenvalue weighted by atomic mass is 16.5. The van der Waals surface area contributed by atoms with Crippen molar-refractivity contribution < 1.29 is 23.8 Å². The van der Waals surface area contributed by atoms with Crippen LogP contribution >= 0.6 is 0 Å². The lowest BCUT2D eigenvalue weighted by Gasteiger charge is -2.15. The molecule has 2 aromatic rings. The Morgan fingerprint density at radius 2 is 0.846 bits per heavy atom. The number of carbonyl (C=O) groups excluding carboxylic acids is 2. The van der Waals surface area contributed by atoms with E-state index in [0.29, 0.717) is 35.8 Å². The summed E-state index contributed by atoms with van der Waals surface area (Å²) in [6.45, 7) is 10.0. The van der Waals surface area contributed by atoms with Gasteiger partial charge in [-0.05, 0) is 69.0 Å². The highest BCUT2D eigenvalue weighted by molar-refractivity contribution is 6.13.